The number of epoxide rings is 1. The van der Waals surface area contributed by atoms with Crippen molar-refractivity contribution >= 4 is 11.9 Å². The van der Waals surface area contributed by atoms with E-state index in [1.165, 1.54) is 19.3 Å². The van der Waals surface area contributed by atoms with Gasteiger partial charge in [-0.05, 0) is 69.4 Å². The monoisotopic (exact) mass is 573 g/mol. The molecule has 7 nitrogen and oxygen atoms in total. The number of cyclic esters (lactones) is 1. The highest BCUT2D eigenvalue weighted by molar-refractivity contribution is 5.77. The molecular formula is C34H55NO6. The van der Waals surface area contributed by atoms with E-state index in [2.05, 4.69) is 38.7 Å². The molecule has 0 aromatic heterocycles. The van der Waals surface area contributed by atoms with Crippen LogP contribution >= 0.6 is 0 Å². The van der Waals surface area contributed by atoms with Crippen molar-refractivity contribution in [3.05, 3.63) is 36.5 Å². The van der Waals surface area contributed by atoms with Gasteiger partial charge in [-0.3, -0.25) is 14.5 Å². The Morgan fingerprint density at radius 1 is 1.10 bits per heavy atom. The fourth-order valence-corrected chi connectivity index (χ4v) is 5.53. The molecule has 2 fully saturated rings. The SMILES string of the molecule is CCCCC1OC1CCC=CC=CC1C/C=C\C(OC(=O)CN2CCOCC2)CCC(C)C(C)(C)C(C)(C)C(=O)O1. The maximum atomic E-state index is 13.5. The quantitative estimate of drug-likeness (QED) is 0.122. The fourth-order valence-electron chi connectivity index (χ4n) is 5.53. The second kappa shape index (κ2) is 16.0. The molecule has 0 N–H and O–H groups in total. The minimum Gasteiger partial charge on any atom is -0.457 e. The summed E-state index contributed by atoms with van der Waals surface area (Å²) in [5.41, 5.74) is -0.998. The predicted octanol–water partition coefficient (Wildman–Crippen LogP) is 6.42. The lowest BCUT2D eigenvalue weighted by Gasteiger charge is -2.44. The lowest BCUT2D eigenvalue weighted by atomic mass is 9.60. The van der Waals surface area contributed by atoms with Crippen LogP contribution in [0.25, 0.3) is 0 Å². The Kier molecular flexibility index (Phi) is 13.1. The Labute approximate surface area is 248 Å². The van der Waals surface area contributed by atoms with Gasteiger partial charge >= 0.3 is 11.9 Å². The van der Waals surface area contributed by atoms with E-state index < -0.39 is 11.5 Å². The van der Waals surface area contributed by atoms with Gasteiger partial charge in [0.25, 0.3) is 0 Å². The first-order chi connectivity index (χ1) is 19.5. The van der Waals surface area contributed by atoms with E-state index in [1.807, 2.05) is 44.2 Å². The molecule has 3 aliphatic heterocycles. The van der Waals surface area contributed by atoms with Crippen LogP contribution < -0.4 is 0 Å². The van der Waals surface area contributed by atoms with Gasteiger partial charge in [0.2, 0.25) is 0 Å². The van der Waals surface area contributed by atoms with Crippen molar-refractivity contribution in [3.63, 3.8) is 0 Å². The molecule has 5 atom stereocenters. The lowest BCUT2D eigenvalue weighted by molar-refractivity contribution is -0.167. The standard InChI is InChI=1S/C34H55NO6/c1-7-8-17-29-30(41-29)18-12-10-9-11-14-27-15-13-16-28(39-31(36)25-35-21-23-38-24-22-35)20-19-26(2)33(3,4)34(5,6)32(37)40-27/h9-11,13-14,16,26-30H,7-8,12,15,17-25H2,1-6H3/b10-9?,14-11?,16-13-. The molecule has 0 amide bonds. The zero-order valence-electron chi connectivity index (χ0n) is 26.4. The number of nitrogens with zero attached hydrogens (tertiary/aromatic N) is 1. The molecule has 0 aromatic rings. The maximum Gasteiger partial charge on any atom is 0.320 e. The largest absolute Gasteiger partial charge is 0.457 e. The van der Waals surface area contributed by atoms with Gasteiger partial charge in [0, 0.05) is 19.5 Å². The van der Waals surface area contributed by atoms with E-state index in [-0.39, 0.29) is 35.9 Å². The van der Waals surface area contributed by atoms with E-state index in [1.54, 1.807) is 0 Å². The van der Waals surface area contributed by atoms with Crippen LogP contribution in [0.5, 0.6) is 0 Å². The summed E-state index contributed by atoms with van der Waals surface area (Å²) in [5.74, 6) is -0.172. The molecule has 3 rings (SSSR count). The molecule has 7 heteroatoms. The van der Waals surface area contributed by atoms with Crippen molar-refractivity contribution < 1.29 is 28.5 Å². The summed E-state index contributed by atoms with van der Waals surface area (Å²) in [6, 6.07) is 0. The van der Waals surface area contributed by atoms with Crippen LogP contribution in [0.4, 0.5) is 0 Å². The van der Waals surface area contributed by atoms with E-state index in [0.29, 0.717) is 38.3 Å². The predicted molar refractivity (Wildman–Crippen MR) is 162 cm³/mol. The van der Waals surface area contributed by atoms with Gasteiger partial charge < -0.3 is 18.9 Å². The van der Waals surface area contributed by atoms with Crippen LogP contribution in [0.2, 0.25) is 0 Å². The van der Waals surface area contributed by atoms with Crippen LogP contribution in [0, 0.1) is 16.7 Å². The molecule has 0 radical (unpaired) electrons. The molecule has 0 spiro atoms. The van der Waals surface area contributed by atoms with Gasteiger partial charge in [-0.25, -0.2) is 0 Å². The van der Waals surface area contributed by atoms with Crippen LogP contribution in [0.3, 0.4) is 0 Å². The zero-order valence-corrected chi connectivity index (χ0v) is 26.4. The van der Waals surface area contributed by atoms with E-state index in [9.17, 15) is 9.59 Å². The smallest absolute Gasteiger partial charge is 0.320 e. The topological polar surface area (TPSA) is 77.6 Å². The molecular weight excluding hydrogens is 518 g/mol. The van der Waals surface area contributed by atoms with Crippen molar-refractivity contribution in [2.24, 2.45) is 16.7 Å². The highest BCUT2D eigenvalue weighted by Gasteiger charge is 2.48. The summed E-state index contributed by atoms with van der Waals surface area (Å²) in [6.07, 6.45) is 19.9. The minimum atomic E-state index is -0.682. The van der Waals surface area contributed by atoms with E-state index >= 15 is 0 Å². The first kappa shape index (κ1) is 33.5. The van der Waals surface area contributed by atoms with E-state index in [4.69, 9.17) is 18.9 Å². The molecule has 0 saturated carbocycles. The molecule has 0 bridgehead atoms. The molecule has 232 valence electrons. The summed E-state index contributed by atoms with van der Waals surface area (Å²) < 4.78 is 23.2. The molecule has 0 aliphatic carbocycles. The third-order valence-corrected chi connectivity index (χ3v) is 9.67. The zero-order chi connectivity index (χ0) is 29.9. The highest BCUT2D eigenvalue weighted by Crippen LogP contribution is 2.47. The molecule has 0 aromatic carbocycles. The average Bonchev–Trinajstić information content (AvgIpc) is 3.69. The van der Waals surface area contributed by atoms with Crippen molar-refractivity contribution in [1.82, 2.24) is 4.90 Å². The number of carbonyl (C=O) groups excluding carboxylic acids is 2. The number of hydrogen-bond acceptors (Lipinski definition) is 7. The van der Waals surface area contributed by atoms with Crippen LogP contribution in [-0.4, -0.2) is 74.1 Å². The summed E-state index contributed by atoms with van der Waals surface area (Å²) in [7, 11) is 0. The Morgan fingerprint density at radius 3 is 2.56 bits per heavy atom. The van der Waals surface area contributed by atoms with Crippen molar-refractivity contribution in [2.75, 3.05) is 32.8 Å². The summed E-state index contributed by atoms with van der Waals surface area (Å²) >= 11 is 0. The molecule has 41 heavy (non-hydrogen) atoms. The Morgan fingerprint density at radius 2 is 1.83 bits per heavy atom. The highest BCUT2D eigenvalue weighted by atomic mass is 16.6. The number of unbranched alkanes of at least 4 members (excludes halogenated alkanes) is 1. The van der Waals surface area contributed by atoms with Crippen LogP contribution in [0.1, 0.15) is 92.9 Å². The van der Waals surface area contributed by atoms with Gasteiger partial charge in [0.1, 0.15) is 12.2 Å². The molecule has 3 aliphatic rings. The number of esters is 2. The summed E-state index contributed by atoms with van der Waals surface area (Å²) in [5, 5.41) is 0. The number of morpholine rings is 1. The molecule has 2 saturated heterocycles. The second-order valence-electron chi connectivity index (χ2n) is 13.1. The minimum absolute atomic E-state index is 0.181. The molecule has 5 unspecified atom stereocenters. The van der Waals surface area contributed by atoms with Gasteiger partial charge in [-0.2, -0.15) is 0 Å². The van der Waals surface area contributed by atoms with Crippen LogP contribution in [0.15, 0.2) is 36.5 Å². The summed E-state index contributed by atoms with van der Waals surface area (Å²) in [4.78, 5) is 28.3. The van der Waals surface area contributed by atoms with Gasteiger partial charge in [-0.1, -0.05) is 64.8 Å². The number of ether oxygens (including phenoxy) is 4. The normalized spacial score (nSPS) is 31.8. The number of allylic oxidation sites excluding steroid dienone is 3. The first-order valence-electron chi connectivity index (χ1n) is 15.9. The number of rotatable bonds is 11. The average molecular weight is 574 g/mol. The maximum absolute atomic E-state index is 13.5. The second-order valence-corrected chi connectivity index (χ2v) is 13.1. The van der Waals surface area contributed by atoms with Crippen molar-refractivity contribution in [1.29, 1.82) is 0 Å². The third kappa shape index (κ3) is 10.4. The lowest BCUT2D eigenvalue weighted by Crippen LogP contribution is -2.46. The van der Waals surface area contributed by atoms with Gasteiger partial charge in [0.05, 0.1) is 37.4 Å². The first-order valence-corrected chi connectivity index (χ1v) is 15.9. The Balaban J connectivity index is 1.63. The summed E-state index contributed by atoms with van der Waals surface area (Å²) in [6.45, 7) is 15.7. The Bertz CT molecular complexity index is 916. The number of hydrogen-bond donors (Lipinski definition) is 0. The fraction of sp³-hybridized carbons (Fsp3) is 0.765. The van der Waals surface area contributed by atoms with Crippen molar-refractivity contribution in [3.8, 4) is 0 Å². The third-order valence-electron chi connectivity index (χ3n) is 9.67. The molecule has 3 heterocycles. The Hall–Kier alpha value is -1.96. The van der Waals surface area contributed by atoms with Crippen LogP contribution in [-0.2, 0) is 28.5 Å². The van der Waals surface area contributed by atoms with Gasteiger partial charge in [-0.15, -0.1) is 0 Å². The van der Waals surface area contributed by atoms with E-state index in [0.717, 1.165) is 32.4 Å². The number of carbonyl (C=O) groups is 2. The van der Waals surface area contributed by atoms with Gasteiger partial charge in [0.15, 0.2) is 0 Å². The van der Waals surface area contributed by atoms with Crippen molar-refractivity contribution in [2.45, 2.75) is 117 Å².